The Morgan fingerprint density at radius 1 is 1.08 bits per heavy atom. The summed E-state index contributed by atoms with van der Waals surface area (Å²) in [6, 6.07) is 14.8. The summed E-state index contributed by atoms with van der Waals surface area (Å²) in [5, 5.41) is 0. The fourth-order valence-corrected chi connectivity index (χ4v) is 5.88. The summed E-state index contributed by atoms with van der Waals surface area (Å²) < 4.78 is 35.5. The van der Waals surface area contributed by atoms with Gasteiger partial charge in [-0.2, -0.15) is 4.31 Å². The van der Waals surface area contributed by atoms with Gasteiger partial charge in [0.2, 0.25) is 10.0 Å². The van der Waals surface area contributed by atoms with Crippen molar-refractivity contribution in [3.63, 3.8) is 0 Å². The molecule has 0 radical (unpaired) electrons. The zero-order chi connectivity index (χ0) is 17.4. The van der Waals surface area contributed by atoms with Crippen molar-refractivity contribution in [2.24, 2.45) is 0 Å². The standard InChI is InChI=1S/C19H20BrNO3S/c20-15-10-11-19-18(12-15)24-17-9-5-4-8-16(17)21(25(19,22)23)13-14-6-2-1-3-7-14/h1-3,6-7,10-12,16-17H,4-5,8-9,13H2/t16-,17?/m0/s1. The monoisotopic (exact) mass is 421 g/mol. The maximum Gasteiger partial charge on any atom is 0.247 e. The number of nitrogens with zero attached hydrogens (tertiary/aromatic N) is 1. The molecule has 0 spiro atoms. The molecule has 1 saturated carbocycles. The molecule has 4 nitrogen and oxygen atoms in total. The average Bonchev–Trinajstić information content (AvgIpc) is 2.69. The van der Waals surface area contributed by atoms with Gasteiger partial charge in [0.05, 0.1) is 6.04 Å². The molecule has 25 heavy (non-hydrogen) atoms. The molecule has 0 saturated heterocycles. The third kappa shape index (κ3) is 3.23. The van der Waals surface area contributed by atoms with E-state index in [0.29, 0.717) is 12.3 Å². The summed E-state index contributed by atoms with van der Waals surface area (Å²) in [7, 11) is -3.62. The highest BCUT2D eigenvalue weighted by molar-refractivity contribution is 9.10. The van der Waals surface area contributed by atoms with Gasteiger partial charge < -0.3 is 4.74 Å². The Kier molecular flexibility index (Phi) is 4.60. The van der Waals surface area contributed by atoms with Crippen LogP contribution in [0.2, 0.25) is 0 Å². The van der Waals surface area contributed by atoms with Crippen LogP contribution in [0.3, 0.4) is 0 Å². The van der Waals surface area contributed by atoms with Crippen molar-refractivity contribution in [2.45, 2.75) is 49.3 Å². The van der Waals surface area contributed by atoms with Gasteiger partial charge in [-0.05, 0) is 43.0 Å². The van der Waals surface area contributed by atoms with E-state index in [4.69, 9.17) is 4.74 Å². The number of fused-ring (bicyclic) bond motifs is 2. The summed E-state index contributed by atoms with van der Waals surface area (Å²) in [6.07, 6.45) is 3.74. The molecule has 6 heteroatoms. The van der Waals surface area contributed by atoms with E-state index in [2.05, 4.69) is 15.9 Å². The van der Waals surface area contributed by atoms with Crippen LogP contribution in [0.25, 0.3) is 0 Å². The van der Waals surface area contributed by atoms with Crippen LogP contribution >= 0.6 is 15.9 Å². The van der Waals surface area contributed by atoms with E-state index in [1.165, 1.54) is 0 Å². The highest BCUT2D eigenvalue weighted by Gasteiger charge is 2.43. The molecule has 1 unspecified atom stereocenters. The van der Waals surface area contributed by atoms with E-state index in [-0.39, 0.29) is 17.0 Å². The molecule has 0 N–H and O–H groups in total. The van der Waals surface area contributed by atoms with Crippen molar-refractivity contribution >= 4 is 26.0 Å². The summed E-state index contributed by atoms with van der Waals surface area (Å²) in [6.45, 7) is 0.378. The number of hydrogen-bond acceptors (Lipinski definition) is 3. The minimum atomic E-state index is -3.62. The van der Waals surface area contributed by atoms with Crippen LogP contribution in [-0.4, -0.2) is 24.9 Å². The molecule has 1 aliphatic carbocycles. The van der Waals surface area contributed by atoms with Crippen molar-refractivity contribution in [2.75, 3.05) is 0 Å². The van der Waals surface area contributed by atoms with Crippen molar-refractivity contribution < 1.29 is 13.2 Å². The Bertz CT molecular complexity index is 869. The number of rotatable bonds is 2. The minimum Gasteiger partial charge on any atom is -0.487 e. The highest BCUT2D eigenvalue weighted by Crippen LogP contribution is 2.40. The number of benzene rings is 2. The predicted molar refractivity (Wildman–Crippen MR) is 100.0 cm³/mol. The molecule has 0 aromatic heterocycles. The average molecular weight is 422 g/mol. The molecule has 1 heterocycles. The lowest BCUT2D eigenvalue weighted by molar-refractivity contribution is 0.0776. The topological polar surface area (TPSA) is 46.6 Å². The van der Waals surface area contributed by atoms with Crippen molar-refractivity contribution in [1.82, 2.24) is 4.31 Å². The summed E-state index contributed by atoms with van der Waals surface area (Å²) in [5.41, 5.74) is 0.996. The first-order valence-corrected chi connectivity index (χ1v) is 10.8. The normalized spacial score (nSPS) is 25.3. The van der Waals surface area contributed by atoms with Gasteiger partial charge in [-0.15, -0.1) is 0 Å². The molecular formula is C19H20BrNO3S. The predicted octanol–water partition coefficient (Wildman–Crippen LogP) is 4.34. The van der Waals surface area contributed by atoms with Gasteiger partial charge in [0.15, 0.2) is 0 Å². The van der Waals surface area contributed by atoms with E-state index in [0.717, 1.165) is 35.7 Å². The van der Waals surface area contributed by atoms with Crippen molar-refractivity contribution in [1.29, 1.82) is 0 Å². The third-order valence-electron chi connectivity index (χ3n) is 4.99. The van der Waals surface area contributed by atoms with Gasteiger partial charge in [0.25, 0.3) is 0 Å². The zero-order valence-electron chi connectivity index (χ0n) is 13.8. The summed E-state index contributed by atoms with van der Waals surface area (Å²) in [4.78, 5) is 0.265. The van der Waals surface area contributed by atoms with E-state index in [1.54, 1.807) is 22.5 Å². The lowest BCUT2D eigenvalue weighted by atomic mass is 9.92. The Morgan fingerprint density at radius 3 is 2.64 bits per heavy atom. The first kappa shape index (κ1) is 17.1. The second-order valence-electron chi connectivity index (χ2n) is 6.64. The van der Waals surface area contributed by atoms with Crippen LogP contribution < -0.4 is 4.74 Å². The minimum absolute atomic E-state index is 0.0946. The van der Waals surface area contributed by atoms with Gasteiger partial charge in [-0.3, -0.25) is 0 Å². The maximum absolute atomic E-state index is 13.4. The second kappa shape index (κ2) is 6.74. The second-order valence-corrected chi connectivity index (χ2v) is 9.41. The molecule has 2 atom stereocenters. The fourth-order valence-electron chi connectivity index (χ4n) is 3.76. The van der Waals surface area contributed by atoms with Gasteiger partial charge in [0.1, 0.15) is 16.7 Å². The summed E-state index contributed by atoms with van der Waals surface area (Å²) in [5.74, 6) is 0.460. The van der Waals surface area contributed by atoms with Crippen molar-refractivity contribution in [3.05, 3.63) is 58.6 Å². The quantitative estimate of drug-likeness (QED) is 0.723. The van der Waals surface area contributed by atoms with Crippen LogP contribution in [0.5, 0.6) is 5.75 Å². The Hall–Kier alpha value is -1.37. The highest BCUT2D eigenvalue weighted by atomic mass is 79.9. The molecule has 1 fully saturated rings. The molecule has 2 aromatic rings. The lowest BCUT2D eigenvalue weighted by Gasteiger charge is -2.36. The molecule has 4 rings (SSSR count). The number of halogens is 1. The van der Waals surface area contributed by atoms with Crippen molar-refractivity contribution in [3.8, 4) is 5.75 Å². The van der Waals surface area contributed by atoms with Gasteiger partial charge in [-0.25, -0.2) is 8.42 Å². The van der Waals surface area contributed by atoms with E-state index in [1.807, 2.05) is 30.3 Å². The van der Waals surface area contributed by atoms with Crippen LogP contribution in [0.15, 0.2) is 57.9 Å². The van der Waals surface area contributed by atoms with E-state index >= 15 is 0 Å². The number of sulfonamides is 1. The third-order valence-corrected chi connectivity index (χ3v) is 7.39. The Morgan fingerprint density at radius 2 is 1.84 bits per heavy atom. The van der Waals surface area contributed by atoms with E-state index < -0.39 is 10.0 Å². The first-order chi connectivity index (χ1) is 12.1. The van der Waals surface area contributed by atoms with Gasteiger partial charge >= 0.3 is 0 Å². The summed E-state index contributed by atoms with van der Waals surface area (Å²) >= 11 is 3.42. The molecule has 132 valence electrons. The smallest absolute Gasteiger partial charge is 0.247 e. The molecule has 1 aliphatic heterocycles. The zero-order valence-corrected chi connectivity index (χ0v) is 16.2. The fraction of sp³-hybridized carbons (Fsp3) is 0.368. The van der Waals surface area contributed by atoms with Crippen LogP contribution in [0.4, 0.5) is 0 Å². The molecule has 0 amide bonds. The molecule has 2 aromatic carbocycles. The van der Waals surface area contributed by atoms with Crippen LogP contribution in [-0.2, 0) is 16.6 Å². The largest absolute Gasteiger partial charge is 0.487 e. The van der Waals surface area contributed by atoms with Gasteiger partial charge in [-0.1, -0.05) is 52.7 Å². The molecule has 0 bridgehead atoms. The molecular weight excluding hydrogens is 402 g/mol. The van der Waals surface area contributed by atoms with E-state index in [9.17, 15) is 8.42 Å². The van der Waals surface area contributed by atoms with Gasteiger partial charge in [0, 0.05) is 11.0 Å². The SMILES string of the molecule is O=S1(=O)c2ccc(Br)cc2OC2CCCC[C@@H]2N1Cc1ccccc1. The maximum atomic E-state index is 13.4. The van der Waals surface area contributed by atoms with Crippen LogP contribution in [0.1, 0.15) is 31.2 Å². The Labute approximate surface area is 157 Å². The number of ether oxygens (including phenoxy) is 1. The first-order valence-electron chi connectivity index (χ1n) is 8.58. The molecule has 2 aliphatic rings. The van der Waals surface area contributed by atoms with Crippen LogP contribution in [0, 0.1) is 0 Å². The Balaban J connectivity index is 1.82. The lowest BCUT2D eigenvalue weighted by Crippen LogP contribution is -2.48. The number of hydrogen-bond donors (Lipinski definition) is 0.